The molecule has 12 heteroatoms. The summed E-state index contributed by atoms with van der Waals surface area (Å²) in [6, 6.07) is -0.734. The third kappa shape index (κ3) is 13.7. The van der Waals surface area contributed by atoms with Crippen molar-refractivity contribution in [2.75, 3.05) is 33.8 Å². The van der Waals surface area contributed by atoms with Crippen LogP contribution in [0.15, 0.2) is 0 Å². The van der Waals surface area contributed by atoms with Crippen molar-refractivity contribution in [1.29, 1.82) is 0 Å². The van der Waals surface area contributed by atoms with Crippen molar-refractivity contribution in [2.45, 2.75) is 91.5 Å². The number of carbonyl (C=O) groups is 5. The highest BCUT2D eigenvalue weighted by molar-refractivity contribution is 6.37. The molecule has 1 atom stereocenters. The van der Waals surface area contributed by atoms with E-state index in [1.807, 2.05) is 0 Å². The van der Waals surface area contributed by atoms with Crippen molar-refractivity contribution >= 4 is 29.6 Å². The summed E-state index contributed by atoms with van der Waals surface area (Å²) in [7, 11) is 2.53. The number of ether oxygens (including phenoxy) is 1. The van der Waals surface area contributed by atoms with Gasteiger partial charge in [-0.2, -0.15) is 0 Å². The quantitative estimate of drug-likeness (QED) is 0.419. The fourth-order valence-electron chi connectivity index (χ4n) is 4.04. The van der Waals surface area contributed by atoms with Gasteiger partial charge in [0.25, 0.3) is 5.91 Å². The summed E-state index contributed by atoms with van der Waals surface area (Å²) in [5.41, 5.74) is -0.119. The first-order valence-electron chi connectivity index (χ1n) is 13.1. The van der Waals surface area contributed by atoms with Crippen LogP contribution in [0.4, 0.5) is 13.6 Å². The van der Waals surface area contributed by atoms with Crippen LogP contribution in [0.2, 0.25) is 0 Å². The first-order chi connectivity index (χ1) is 17.6. The molecule has 220 valence electrons. The molecule has 1 saturated heterocycles. The van der Waals surface area contributed by atoms with E-state index < -0.39 is 42.2 Å². The number of Topliss-reactive ketones (excluding diaryl/α,β-unsaturated/α-hetero) is 1. The number of halogens is 2. The number of nitrogens with zero attached hydrogens (tertiary/aromatic N) is 1. The minimum Gasteiger partial charge on any atom is -0.453 e. The Hall–Kier alpha value is -2.79. The molecule has 10 nitrogen and oxygen atoms in total. The molecule has 2 aliphatic rings. The monoisotopic (exact) mass is 548 g/mol. The number of amides is 4. The number of alkyl carbamates (subject to hydrolysis) is 1. The van der Waals surface area contributed by atoms with E-state index in [9.17, 15) is 32.8 Å². The van der Waals surface area contributed by atoms with Gasteiger partial charge in [0.2, 0.25) is 23.5 Å². The smallest absolute Gasteiger partial charge is 0.407 e. The van der Waals surface area contributed by atoms with E-state index in [4.69, 9.17) is 0 Å². The molecule has 0 aromatic heterocycles. The summed E-state index contributed by atoms with van der Waals surface area (Å²) in [4.78, 5) is 61.0. The van der Waals surface area contributed by atoms with Crippen LogP contribution in [0.5, 0.6) is 0 Å². The Bertz CT molecular complexity index is 792. The molecule has 1 heterocycles. The minimum atomic E-state index is -2.46. The number of rotatable bonds is 7. The molecule has 1 unspecified atom stereocenters. The maximum Gasteiger partial charge on any atom is 0.407 e. The molecule has 3 N–H and O–H groups in total. The first-order valence-corrected chi connectivity index (χ1v) is 13.1. The van der Waals surface area contributed by atoms with E-state index in [-0.39, 0.29) is 24.3 Å². The van der Waals surface area contributed by atoms with Gasteiger partial charge in [0, 0.05) is 20.0 Å². The number of alkyl halides is 2. The van der Waals surface area contributed by atoms with Gasteiger partial charge in [-0.3, -0.25) is 19.2 Å². The van der Waals surface area contributed by atoms with Gasteiger partial charge in [0.05, 0.1) is 13.7 Å². The maximum absolute atomic E-state index is 12.7. The van der Waals surface area contributed by atoms with Gasteiger partial charge in [-0.05, 0) is 37.5 Å². The Morgan fingerprint density at radius 2 is 1.55 bits per heavy atom. The Morgan fingerprint density at radius 3 is 2.00 bits per heavy atom. The number of carbonyl (C=O) groups excluding carboxylic acids is 5. The number of likely N-dealkylation sites (tertiary alicyclic amines) is 1. The normalized spacial score (nSPS) is 17.8. The summed E-state index contributed by atoms with van der Waals surface area (Å²) in [6.45, 7) is 8.61. The minimum absolute atomic E-state index is 0.0625. The Kier molecular flexibility index (Phi) is 15.7. The summed E-state index contributed by atoms with van der Waals surface area (Å²) in [5.74, 6) is -4.02. The predicted octanol–water partition coefficient (Wildman–Crippen LogP) is 3.04. The fourth-order valence-corrected chi connectivity index (χ4v) is 4.04. The Labute approximate surface area is 225 Å². The predicted molar refractivity (Wildman–Crippen MR) is 140 cm³/mol. The standard InChI is InChI=1S/C18H28N4O6.C4H8F2.C4H10/c1-19-16(26)13(23)9-20-15(25)12-8-18(6-4-3-5-7-18)11-22(12)14(24)10-21-17(27)28-2;1-3-4(2,5)6;1-4(2)3/h12H,3-11H2,1-2H3,(H,19,26)(H,20,25)(H,21,27);3H2,1-2H3;4H,1-3H3. The molecule has 1 saturated carbocycles. The van der Waals surface area contributed by atoms with Crippen LogP contribution in [-0.2, 0) is 23.9 Å². The number of methoxy groups -OCH3 is 1. The van der Waals surface area contributed by atoms with E-state index in [2.05, 4.69) is 41.5 Å². The highest BCUT2D eigenvalue weighted by Gasteiger charge is 2.48. The second-order valence-electron chi connectivity index (χ2n) is 10.5. The van der Waals surface area contributed by atoms with Gasteiger partial charge in [-0.25, -0.2) is 13.6 Å². The summed E-state index contributed by atoms with van der Waals surface area (Å²) < 4.78 is 27.4. The summed E-state index contributed by atoms with van der Waals surface area (Å²) >= 11 is 0. The number of hydrogen-bond acceptors (Lipinski definition) is 6. The van der Waals surface area contributed by atoms with Gasteiger partial charge < -0.3 is 25.6 Å². The van der Waals surface area contributed by atoms with Crippen molar-refractivity contribution in [2.24, 2.45) is 11.3 Å². The highest BCUT2D eigenvalue weighted by Crippen LogP contribution is 2.46. The first kappa shape index (κ1) is 35.2. The van der Waals surface area contributed by atoms with E-state index in [0.717, 1.165) is 44.9 Å². The lowest BCUT2D eigenvalue weighted by molar-refractivity contribution is -0.140. The lowest BCUT2D eigenvalue weighted by atomic mass is 9.72. The maximum atomic E-state index is 12.7. The third-order valence-electron chi connectivity index (χ3n) is 6.14. The number of ketones is 1. The van der Waals surface area contributed by atoms with E-state index in [0.29, 0.717) is 13.0 Å². The average molecular weight is 549 g/mol. The topological polar surface area (TPSA) is 134 Å². The van der Waals surface area contributed by atoms with Gasteiger partial charge in [-0.15, -0.1) is 0 Å². The highest BCUT2D eigenvalue weighted by atomic mass is 19.3. The molecule has 2 rings (SSSR count). The lowest BCUT2D eigenvalue weighted by Crippen LogP contribution is -2.50. The Morgan fingerprint density at radius 1 is 1.03 bits per heavy atom. The summed E-state index contributed by atoms with van der Waals surface area (Å²) in [5, 5.41) is 7.02. The van der Waals surface area contributed by atoms with Crippen molar-refractivity contribution in [3.05, 3.63) is 0 Å². The molecule has 2 fully saturated rings. The molecule has 1 aliphatic carbocycles. The van der Waals surface area contributed by atoms with Crippen molar-refractivity contribution in [3.63, 3.8) is 0 Å². The van der Waals surface area contributed by atoms with Crippen LogP contribution in [0, 0.1) is 11.3 Å². The zero-order chi connectivity index (χ0) is 29.5. The molecule has 4 amide bonds. The molecule has 1 spiro atoms. The van der Waals surface area contributed by atoms with Crippen molar-refractivity contribution < 1.29 is 37.5 Å². The lowest BCUT2D eigenvalue weighted by Gasteiger charge is -2.33. The molecule has 38 heavy (non-hydrogen) atoms. The number of hydrogen-bond donors (Lipinski definition) is 3. The molecule has 0 aromatic rings. The van der Waals surface area contributed by atoms with Gasteiger partial charge in [0.1, 0.15) is 12.6 Å². The van der Waals surface area contributed by atoms with Crippen LogP contribution < -0.4 is 16.0 Å². The van der Waals surface area contributed by atoms with Gasteiger partial charge in [0.15, 0.2) is 0 Å². The average Bonchev–Trinajstić information content (AvgIpc) is 3.23. The molecule has 0 radical (unpaired) electrons. The van der Waals surface area contributed by atoms with Crippen LogP contribution in [0.25, 0.3) is 0 Å². The molecule has 1 aliphatic heterocycles. The second-order valence-corrected chi connectivity index (χ2v) is 10.5. The zero-order valence-corrected chi connectivity index (χ0v) is 23.9. The van der Waals surface area contributed by atoms with Crippen molar-refractivity contribution in [3.8, 4) is 0 Å². The largest absolute Gasteiger partial charge is 0.453 e. The molecular weight excluding hydrogens is 502 g/mol. The number of nitrogens with one attached hydrogen (secondary N) is 3. The molecular formula is C26H46F2N4O6. The van der Waals surface area contributed by atoms with Crippen molar-refractivity contribution in [1.82, 2.24) is 20.9 Å². The van der Waals surface area contributed by atoms with Crippen LogP contribution in [0.3, 0.4) is 0 Å². The SMILES string of the molecule is CC(C)C.CCC(C)(F)F.CNC(=O)C(=O)CNC(=O)C1CC2(CCCCC2)CN1C(=O)CNC(=O)OC. The molecule has 0 aromatic carbocycles. The van der Waals surface area contributed by atoms with Gasteiger partial charge >= 0.3 is 6.09 Å². The number of likely N-dealkylation sites (N-methyl/N-ethyl adjacent to an activating group) is 1. The van der Waals surface area contributed by atoms with E-state index in [1.54, 1.807) is 0 Å². The third-order valence-corrected chi connectivity index (χ3v) is 6.14. The van der Waals surface area contributed by atoms with Crippen LogP contribution >= 0.6 is 0 Å². The zero-order valence-electron chi connectivity index (χ0n) is 23.9. The second kappa shape index (κ2) is 16.9. The van der Waals surface area contributed by atoms with E-state index in [1.165, 1.54) is 26.0 Å². The van der Waals surface area contributed by atoms with Crippen LogP contribution in [0.1, 0.15) is 79.6 Å². The fraction of sp³-hybridized carbons (Fsp3) is 0.808. The van der Waals surface area contributed by atoms with Crippen LogP contribution in [-0.4, -0.2) is 80.3 Å². The summed E-state index contributed by atoms with van der Waals surface area (Å²) in [6.07, 6.45) is 4.82. The Balaban J connectivity index is 0.00000116. The van der Waals surface area contributed by atoms with E-state index >= 15 is 0 Å². The molecule has 0 bridgehead atoms. The van der Waals surface area contributed by atoms with Gasteiger partial charge in [-0.1, -0.05) is 47.0 Å².